The summed E-state index contributed by atoms with van der Waals surface area (Å²) in [4.78, 5) is 12.2. The van der Waals surface area contributed by atoms with Crippen LogP contribution < -0.4 is 10.0 Å². The highest BCUT2D eigenvalue weighted by Crippen LogP contribution is 2.25. The fraction of sp³-hybridized carbons (Fsp3) is 0.133. The quantitative estimate of drug-likeness (QED) is 0.901. The third-order valence-corrected chi connectivity index (χ3v) is 4.74. The van der Waals surface area contributed by atoms with E-state index in [4.69, 9.17) is 0 Å². The first-order chi connectivity index (χ1) is 10.1. The van der Waals surface area contributed by atoms with Crippen molar-refractivity contribution in [3.05, 3.63) is 60.2 Å². The van der Waals surface area contributed by atoms with E-state index in [0.29, 0.717) is 6.42 Å². The van der Waals surface area contributed by atoms with Crippen molar-refractivity contribution < 1.29 is 13.2 Å². The van der Waals surface area contributed by atoms with Crippen LogP contribution in [0.1, 0.15) is 5.56 Å². The van der Waals surface area contributed by atoms with E-state index in [1.165, 1.54) is 12.1 Å². The largest absolute Gasteiger partial charge is 0.373 e. The van der Waals surface area contributed by atoms with E-state index in [1.54, 1.807) is 18.2 Å². The van der Waals surface area contributed by atoms with E-state index in [2.05, 4.69) is 10.0 Å². The van der Waals surface area contributed by atoms with Crippen molar-refractivity contribution in [2.24, 2.45) is 0 Å². The van der Waals surface area contributed by atoms with Gasteiger partial charge >= 0.3 is 0 Å². The maximum atomic E-state index is 12.2. The second-order valence-corrected chi connectivity index (χ2v) is 6.52. The minimum absolute atomic E-state index is 0.0776. The molecule has 0 saturated carbocycles. The van der Waals surface area contributed by atoms with Crippen LogP contribution in [0.15, 0.2) is 59.5 Å². The van der Waals surface area contributed by atoms with Gasteiger partial charge in [0, 0.05) is 12.1 Å². The molecule has 0 fully saturated rings. The summed E-state index contributed by atoms with van der Waals surface area (Å²) >= 11 is 0. The maximum absolute atomic E-state index is 12.2. The van der Waals surface area contributed by atoms with Gasteiger partial charge in [0.2, 0.25) is 0 Å². The lowest BCUT2D eigenvalue weighted by molar-refractivity contribution is -0.119. The van der Waals surface area contributed by atoms with Crippen molar-refractivity contribution >= 4 is 21.6 Å². The minimum Gasteiger partial charge on any atom is -0.373 e. The van der Waals surface area contributed by atoms with Crippen molar-refractivity contribution in [1.82, 2.24) is 4.72 Å². The number of anilines is 1. The Morgan fingerprint density at radius 1 is 1.05 bits per heavy atom. The zero-order chi connectivity index (χ0) is 14.9. The molecule has 1 unspecified atom stereocenters. The van der Waals surface area contributed by atoms with E-state index in [9.17, 15) is 13.2 Å². The Bertz CT molecular complexity index is 748. The molecular weight excluding hydrogens is 288 g/mol. The van der Waals surface area contributed by atoms with Gasteiger partial charge in [-0.1, -0.05) is 36.4 Å². The summed E-state index contributed by atoms with van der Waals surface area (Å²) in [5.74, 6) is -0.546. The molecule has 1 amide bonds. The molecule has 3 rings (SSSR count). The van der Waals surface area contributed by atoms with Gasteiger partial charge in [-0.25, -0.2) is 13.1 Å². The van der Waals surface area contributed by atoms with E-state index < -0.39 is 22.0 Å². The van der Waals surface area contributed by atoms with Crippen LogP contribution in [0.3, 0.4) is 0 Å². The fourth-order valence-corrected chi connectivity index (χ4v) is 3.36. The number of carbonyl (C=O) groups excluding carboxylic acids is 1. The predicted octanol–water partition coefficient (Wildman–Crippen LogP) is 1.53. The number of para-hydroxylation sites is 1. The van der Waals surface area contributed by atoms with E-state index in [-0.39, 0.29) is 4.90 Å². The minimum atomic E-state index is -3.82. The summed E-state index contributed by atoms with van der Waals surface area (Å²) in [6, 6.07) is 14.8. The molecule has 108 valence electrons. The molecule has 6 heteroatoms. The molecule has 0 bridgehead atoms. The number of fused-ring (bicyclic) bond motifs is 1. The molecule has 2 aromatic carbocycles. The van der Waals surface area contributed by atoms with Crippen LogP contribution in [0, 0.1) is 0 Å². The molecule has 0 aromatic heterocycles. The van der Waals surface area contributed by atoms with Crippen molar-refractivity contribution in [3.63, 3.8) is 0 Å². The Morgan fingerprint density at radius 2 is 1.71 bits per heavy atom. The molecule has 1 aliphatic heterocycles. The first-order valence-electron chi connectivity index (χ1n) is 6.52. The predicted molar refractivity (Wildman–Crippen MR) is 79.3 cm³/mol. The van der Waals surface area contributed by atoms with Crippen LogP contribution in [0.4, 0.5) is 5.69 Å². The van der Waals surface area contributed by atoms with E-state index in [1.807, 2.05) is 24.3 Å². The first-order valence-corrected chi connectivity index (χ1v) is 8.01. The Morgan fingerprint density at radius 3 is 2.43 bits per heavy atom. The zero-order valence-corrected chi connectivity index (χ0v) is 11.9. The summed E-state index contributed by atoms with van der Waals surface area (Å²) < 4.78 is 26.3. The molecule has 0 radical (unpaired) electrons. The molecule has 0 aliphatic carbocycles. The second kappa shape index (κ2) is 5.21. The summed E-state index contributed by atoms with van der Waals surface area (Å²) in [6.07, 6.45) is 0.478. The number of carbonyl (C=O) groups is 1. The van der Waals surface area contributed by atoms with Gasteiger partial charge in [0.25, 0.3) is 15.9 Å². The third-order valence-electron chi connectivity index (χ3n) is 3.38. The van der Waals surface area contributed by atoms with Gasteiger partial charge in [-0.3, -0.25) is 4.79 Å². The van der Waals surface area contributed by atoms with Gasteiger partial charge in [-0.2, -0.15) is 0 Å². The summed E-state index contributed by atoms with van der Waals surface area (Å²) in [5, 5.41) is 3.03. The SMILES string of the molecule is O=C(NS(=O)(=O)c1ccccc1)C1Cc2ccccc2N1. The van der Waals surface area contributed by atoms with Gasteiger partial charge < -0.3 is 5.32 Å². The zero-order valence-electron chi connectivity index (χ0n) is 11.1. The number of rotatable bonds is 3. The van der Waals surface area contributed by atoms with Crippen LogP contribution in [-0.2, 0) is 21.2 Å². The normalized spacial score (nSPS) is 16.9. The summed E-state index contributed by atoms with van der Waals surface area (Å²) in [7, 11) is -3.82. The number of hydrogen-bond acceptors (Lipinski definition) is 4. The Labute approximate surface area is 123 Å². The van der Waals surface area contributed by atoms with Crippen molar-refractivity contribution in [2.75, 3.05) is 5.32 Å². The molecule has 1 heterocycles. The Balaban J connectivity index is 1.74. The molecule has 1 atom stereocenters. The standard InChI is InChI=1S/C15H14N2O3S/c18-15(14-10-11-6-4-5-9-13(11)16-14)17-21(19,20)12-7-2-1-3-8-12/h1-9,14,16H,10H2,(H,17,18). The lowest BCUT2D eigenvalue weighted by Crippen LogP contribution is -2.41. The van der Waals surface area contributed by atoms with Crippen LogP contribution in [0.25, 0.3) is 0 Å². The molecule has 21 heavy (non-hydrogen) atoms. The van der Waals surface area contributed by atoms with Crippen molar-refractivity contribution in [1.29, 1.82) is 0 Å². The van der Waals surface area contributed by atoms with Crippen molar-refractivity contribution in [3.8, 4) is 0 Å². The number of hydrogen-bond donors (Lipinski definition) is 2. The number of benzene rings is 2. The number of amides is 1. The van der Waals surface area contributed by atoms with E-state index in [0.717, 1.165) is 11.3 Å². The van der Waals surface area contributed by atoms with Crippen molar-refractivity contribution in [2.45, 2.75) is 17.4 Å². The average Bonchev–Trinajstić information content (AvgIpc) is 2.92. The summed E-state index contributed by atoms with van der Waals surface area (Å²) in [6.45, 7) is 0. The fourth-order valence-electron chi connectivity index (χ4n) is 2.32. The topological polar surface area (TPSA) is 75.3 Å². The lowest BCUT2D eigenvalue weighted by Gasteiger charge is -2.12. The van der Waals surface area contributed by atoms with Crippen LogP contribution in [0.5, 0.6) is 0 Å². The van der Waals surface area contributed by atoms with Crippen LogP contribution in [0.2, 0.25) is 0 Å². The Kier molecular flexibility index (Phi) is 3.39. The molecule has 2 N–H and O–H groups in total. The van der Waals surface area contributed by atoms with E-state index >= 15 is 0 Å². The summed E-state index contributed by atoms with van der Waals surface area (Å²) in [5.41, 5.74) is 1.88. The first kappa shape index (κ1) is 13.6. The Hall–Kier alpha value is -2.34. The smallest absolute Gasteiger partial charge is 0.264 e. The highest BCUT2D eigenvalue weighted by Gasteiger charge is 2.29. The van der Waals surface area contributed by atoms with Gasteiger partial charge in [0.15, 0.2) is 0 Å². The van der Waals surface area contributed by atoms with Gasteiger partial charge in [-0.05, 0) is 23.8 Å². The molecule has 0 saturated heterocycles. The highest BCUT2D eigenvalue weighted by molar-refractivity contribution is 7.90. The molecular formula is C15H14N2O3S. The monoisotopic (exact) mass is 302 g/mol. The number of sulfonamides is 1. The van der Waals surface area contributed by atoms with Crippen LogP contribution in [-0.4, -0.2) is 20.4 Å². The molecule has 0 spiro atoms. The molecule has 5 nitrogen and oxygen atoms in total. The van der Waals surface area contributed by atoms with Gasteiger partial charge in [-0.15, -0.1) is 0 Å². The lowest BCUT2D eigenvalue weighted by atomic mass is 10.1. The van der Waals surface area contributed by atoms with Gasteiger partial charge in [0.1, 0.15) is 6.04 Å². The third kappa shape index (κ3) is 2.75. The molecule has 1 aliphatic rings. The maximum Gasteiger partial charge on any atom is 0.264 e. The van der Waals surface area contributed by atoms with Crippen LogP contribution >= 0.6 is 0 Å². The second-order valence-electron chi connectivity index (χ2n) is 4.84. The molecule has 2 aromatic rings. The highest BCUT2D eigenvalue weighted by atomic mass is 32.2. The average molecular weight is 302 g/mol. The number of nitrogens with one attached hydrogen (secondary N) is 2. The van der Waals surface area contributed by atoms with Gasteiger partial charge in [0.05, 0.1) is 4.90 Å².